The molecule has 0 bridgehead atoms. The Morgan fingerprint density at radius 3 is 2.70 bits per heavy atom. The lowest BCUT2D eigenvalue weighted by atomic mass is 10.1. The Hall–Kier alpha value is -2.93. The van der Waals surface area contributed by atoms with Crippen molar-refractivity contribution in [3.8, 4) is 0 Å². The molecule has 0 aliphatic carbocycles. The zero-order valence-electron chi connectivity index (χ0n) is 19.1. The van der Waals surface area contributed by atoms with Crippen LogP contribution < -0.4 is 5.32 Å². The van der Waals surface area contributed by atoms with Crippen molar-refractivity contribution in [2.24, 2.45) is 0 Å². The first-order chi connectivity index (χ1) is 17.6. The topological polar surface area (TPSA) is 87.5 Å². The normalized spacial score (nSPS) is 16.4. The van der Waals surface area contributed by atoms with E-state index >= 15 is 0 Å². The monoisotopic (exact) mass is 556 g/mol. The molecule has 3 aromatic rings. The largest absolute Gasteiger partial charge is 0.416 e. The summed E-state index contributed by atoms with van der Waals surface area (Å²) in [7, 11) is 0. The van der Waals surface area contributed by atoms with E-state index in [0.717, 1.165) is 22.7 Å². The number of alkyl halides is 4. The van der Waals surface area contributed by atoms with E-state index in [-0.39, 0.29) is 41.7 Å². The number of hydrogen-bond donors (Lipinski definition) is 2. The lowest BCUT2D eigenvalue weighted by Gasteiger charge is -2.17. The van der Waals surface area contributed by atoms with Crippen molar-refractivity contribution in [3.05, 3.63) is 69.2 Å². The first-order valence-corrected chi connectivity index (χ1v) is 12.3. The van der Waals surface area contributed by atoms with E-state index in [0.29, 0.717) is 16.5 Å². The second kappa shape index (κ2) is 11.2. The number of β-amino-alcohol motifs (C(OH)–C–C–N with tert-alkyl or cyclic N) is 1. The Morgan fingerprint density at radius 2 is 1.97 bits per heavy atom. The first-order valence-electron chi connectivity index (χ1n) is 11.1. The van der Waals surface area contributed by atoms with E-state index < -0.39 is 35.7 Å². The molecule has 0 saturated carbocycles. The highest BCUT2D eigenvalue weighted by molar-refractivity contribution is 8.18. The number of carbonyl (C=O) groups excluding carboxylic acids is 2. The van der Waals surface area contributed by atoms with Crippen LogP contribution in [0.1, 0.15) is 16.7 Å². The fourth-order valence-corrected chi connectivity index (χ4v) is 4.87. The lowest BCUT2D eigenvalue weighted by molar-refractivity contribution is -0.138. The highest BCUT2D eigenvalue weighted by Crippen LogP contribution is 2.35. The number of rotatable bonds is 9. The Morgan fingerprint density at radius 1 is 1.19 bits per heavy atom. The second-order valence-electron chi connectivity index (χ2n) is 8.26. The van der Waals surface area contributed by atoms with Gasteiger partial charge in [0.15, 0.2) is 0 Å². The van der Waals surface area contributed by atoms with Crippen LogP contribution in [0.3, 0.4) is 0 Å². The fourth-order valence-electron chi connectivity index (χ4n) is 3.85. The number of halogens is 5. The third-order valence-electron chi connectivity index (χ3n) is 5.58. The predicted octanol–water partition coefficient (Wildman–Crippen LogP) is 4.71. The van der Waals surface area contributed by atoms with E-state index in [2.05, 4.69) is 10.4 Å². The van der Waals surface area contributed by atoms with Crippen molar-refractivity contribution in [2.75, 3.05) is 26.3 Å². The maximum absolute atomic E-state index is 13.5. The molecule has 0 spiro atoms. The number of amides is 2. The number of imide groups is 1. The van der Waals surface area contributed by atoms with E-state index in [1.165, 1.54) is 29.1 Å². The van der Waals surface area contributed by atoms with Crippen LogP contribution in [0.4, 0.5) is 22.4 Å². The number of hydrogen-bond acceptors (Lipinski definition) is 6. The highest BCUT2D eigenvalue weighted by Gasteiger charge is 2.36. The van der Waals surface area contributed by atoms with Crippen LogP contribution in [0.15, 0.2) is 47.5 Å². The van der Waals surface area contributed by atoms with Crippen LogP contribution in [0.2, 0.25) is 5.02 Å². The third kappa shape index (κ3) is 6.32. The summed E-state index contributed by atoms with van der Waals surface area (Å²) < 4.78 is 54.0. The molecule has 0 unspecified atom stereocenters. The summed E-state index contributed by atoms with van der Waals surface area (Å²) in [4.78, 5) is 26.1. The molecule has 196 valence electrons. The van der Waals surface area contributed by atoms with Crippen molar-refractivity contribution >= 4 is 51.5 Å². The Bertz CT molecular complexity index is 1360. The molecule has 1 aliphatic heterocycles. The van der Waals surface area contributed by atoms with Gasteiger partial charge in [0.05, 0.1) is 41.4 Å². The molecule has 4 rings (SSSR count). The number of thioether (sulfide) groups is 1. The van der Waals surface area contributed by atoms with E-state index in [4.69, 9.17) is 11.6 Å². The van der Waals surface area contributed by atoms with Crippen molar-refractivity contribution in [1.82, 2.24) is 20.0 Å². The number of aliphatic hydroxyl groups excluding tert-OH is 1. The fraction of sp³-hybridized carbons (Fsp3) is 0.292. The minimum atomic E-state index is -4.57. The SMILES string of the molecule is O=C1SC(=Cc2ccc3c(cnn3Cc3ccc(Cl)cc3C(F)(F)F)c2)C(=O)N1C[C@@H](O)CNCCF. The average molecular weight is 557 g/mol. The first kappa shape index (κ1) is 27.1. The molecule has 7 nitrogen and oxygen atoms in total. The number of nitrogens with zero attached hydrogens (tertiary/aromatic N) is 3. The van der Waals surface area contributed by atoms with Crippen LogP contribution in [0.25, 0.3) is 17.0 Å². The standard InChI is InChI=1S/C24H21ClF4N4O3S/c25-17-3-2-15(19(9-17)24(27,28)29)12-33-20-4-1-14(7-16(20)10-31-33)8-21-22(35)32(23(36)37-21)13-18(34)11-30-6-5-26/h1-4,7-10,18,30,34H,5-6,11-13H2/t18-/m0/s1. The van der Waals surface area contributed by atoms with Crippen LogP contribution in [0.5, 0.6) is 0 Å². The Labute approximate surface area is 218 Å². The molecule has 1 fully saturated rings. The number of benzene rings is 2. The van der Waals surface area contributed by atoms with Gasteiger partial charge in [-0.15, -0.1) is 0 Å². The molecule has 1 aliphatic rings. The quantitative estimate of drug-likeness (QED) is 0.225. The van der Waals surface area contributed by atoms with Crippen LogP contribution in [-0.2, 0) is 17.5 Å². The van der Waals surface area contributed by atoms with Gasteiger partial charge in [-0.1, -0.05) is 23.7 Å². The van der Waals surface area contributed by atoms with Gasteiger partial charge >= 0.3 is 6.18 Å². The number of fused-ring (bicyclic) bond motifs is 1. The van der Waals surface area contributed by atoms with Gasteiger partial charge in [-0.3, -0.25) is 19.2 Å². The predicted molar refractivity (Wildman–Crippen MR) is 133 cm³/mol. The second-order valence-corrected chi connectivity index (χ2v) is 9.69. The summed E-state index contributed by atoms with van der Waals surface area (Å²) in [5.74, 6) is -0.558. The molecule has 0 radical (unpaired) electrons. The number of aliphatic hydroxyl groups is 1. The van der Waals surface area contributed by atoms with Gasteiger partial charge in [-0.25, -0.2) is 4.39 Å². The lowest BCUT2D eigenvalue weighted by Crippen LogP contribution is -2.40. The molecule has 2 N–H and O–H groups in total. The molecular formula is C24H21ClF4N4O3S. The molecule has 2 amide bonds. The van der Waals surface area contributed by atoms with Gasteiger partial charge in [0.1, 0.15) is 6.67 Å². The third-order valence-corrected chi connectivity index (χ3v) is 6.72. The number of aromatic nitrogens is 2. The van der Waals surface area contributed by atoms with E-state index in [9.17, 15) is 32.3 Å². The molecule has 1 atom stereocenters. The minimum absolute atomic E-state index is 0.0153. The molecule has 1 aromatic heterocycles. The summed E-state index contributed by atoms with van der Waals surface area (Å²) in [6.07, 6.45) is -2.58. The molecule has 1 saturated heterocycles. The summed E-state index contributed by atoms with van der Waals surface area (Å²) in [5.41, 5.74) is 0.350. The summed E-state index contributed by atoms with van der Waals surface area (Å²) in [6.45, 7) is -0.864. The Kier molecular flexibility index (Phi) is 8.22. The van der Waals surface area contributed by atoms with Gasteiger partial charge in [-0.2, -0.15) is 18.3 Å². The van der Waals surface area contributed by atoms with Gasteiger partial charge in [0.25, 0.3) is 11.1 Å². The molecule has 13 heteroatoms. The van der Waals surface area contributed by atoms with Gasteiger partial charge in [0.2, 0.25) is 0 Å². The summed E-state index contributed by atoms with van der Waals surface area (Å²) in [5, 5.41) is 17.0. The molecule has 37 heavy (non-hydrogen) atoms. The molecular weight excluding hydrogens is 536 g/mol. The van der Waals surface area contributed by atoms with Crippen molar-refractivity contribution < 1.29 is 32.3 Å². The van der Waals surface area contributed by atoms with E-state index in [1.54, 1.807) is 18.2 Å². The van der Waals surface area contributed by atoms with Crippen molar-refractivity contribution in [2.45, 2.75) is 18.8 Å². The van der Waals surface area contributed by atoms with E-state index in [1.807, 2.05) is 0 Å². The smallest absolute Gasteiger partial charge is 0.390 e. The van der Waals surface area contributed by atoms with Crippen molar-refractivity contribution in [1.29, 1.82) is 0 Å². The van der Waals surface area contributed by atoms with Crippen LogP contribution in [-0.4, -0.2) is 63.3 Å². The van der Waals surface area contributed by atoms with Crippen LogP contribution >= 0.6 is 23.4 Å². The summed E-state index contributed by atoms with van der Waals surface area (Å²) in [6, 6.07) is 8.63. The van der Waals surface area contributed by atoms with Crippen molar-refractivity contribution in [3.63, 3.8) is 0 Å². The molecule has 2 aromatic carbocycles. The minimum Gasteiger partial charge on any atom is -0.390 e. The van der Waals surface area contributed by atoms with Crippen LogP contribution in [0, 0.1) is 0 Å². The maximum Gasteiger partial charge on any atom is 0.416 e. The highest BCUT2D eigenvalue weighted by atomic mass is 35.5. The summed E-state index contributed by atoms with van der Waals surface area (Å²) >= 11 is 6.49. The zero-order chi connectivity index (χ0) is 26.7. The van der Waals surface area contributed by atoms with Gasteiger partial charge < -0.3 is 10.4 Å². The number of carbonyl (C=O) groups is 2. The zero-order valence-corrected chi connectivity index (χ0v) is 20.7. The molecule has 2 heterocycles. The maximum atomic E-state index is 13.5. The Balaban J connectivity index is 1.51. The average Bonchev–Trinajstić information content (AvgIpc) is 3.35. The number of nitrogens with one attached hydrogen (secondary N) is 1. The van der Waals surface area contributed by atoms with Gasteiger partial charge in [-0.05, 0) is 53.2 Å². The van der Waals surface area contributed by atoms with Gasteiger partial charge in [0, 0.05) is 23.5 Å².